The number of hydrogen-bond acceptors (Lipinski definition) is 7. The van der Waals surface area contributed by atoms with E-state index in [0.29, 0.717) is 41.6 Å². The van der Waals surface area contributed by atoms with Gasteiger partial charge in [-0.15, -0.1) is 0 Å². The normalized spacial score (nSPS) is 11.1. The number of rotatable bonds is 8. The molecule has 2 aromatic heterocycles. The molecule has 0 saturated heterocycles. The van der Waals surface area contributed by atoms with Crippen LogP contribution in [0.5, 0.6) is 5.75 Å². The van der Waals surface area contributed by atoms with Crippen LogP contribution in [0.2, 0.25) is 0 Å². The number of aldehydes is 1. The van der Waals surface area contributed by atoms with Gasteiger partial charge in [-0.1, -0.05) is 5.16 Å². The van der Waals surface area contributed by atoms with Gasteiger partial charge in [0.25, 0.3) is 5.89 Å². The van der Waals surface area contributed by atoms with Gasteiger partial charge in [0.05, 0.1) is 23.4 Å². The van der Waals surface area contributed by atoms with Crippen LogP contribution in [0.3, 0.4) is 0 Å². The van der Waals surface area contributed by atoms with Crippen LogP contribution in [0, 0.1) is 18.3 Å². The van der Waals surface area contributed by atoms with Gasteiger partial charge in [-0.2, -0.15) is 15.3 Å². The first-order valence-corrected chi connectivity index (χ1v) is 10.4. The van der Waals surface area contributed by atoms with E-state index in [1.165, 1.54) is 0 Å². The smallest absolute Gasteiger partial charge is 0.258 e. The maximum atomic E-state index is 10.6. The lowest BCUT2D eigenvalue weighted by atomic mass is 10.1. The van der Waals surface area contributed by atoms with E-state index in [1.807, 2.05) is 37.6 Å². The Morgan fingerprint density at radius 1 is 1.28 bits per heavy atom. The Kier molecular flexibility index (Phi) is 5.99. The highest BCUT2D eigenvalue weighted by molar-refractivity contribution is 5.85. The molecule has 0 atom stereocenters. The molecule has 0 amide bonds. The first-order chi connectivity index (χ1) is 15.5. The highest BCUT2D eigenvalue weighted by Gasteiger charge is 2.16. The van der Waals surface area contributed by atoms with Crippen molar-refractivity contribution in [3.8, 4) is 34.7 Å². The molecular weight excluding hydrogens is 406 g/mol. The molecular formula is C24H23N5O3. The fourth-order valence-corrected chi connectivity index (χ4v) is 3.53. The van der Waals surface area contributed by atoms with Crippen molar-refractivity contribution in [3.63, 3.8) is 0 Å². The van der Waals surface area contributed by atoms with E-state index < -0.39 is 0 Å². The molecule has 2 aromatic carbocycles. The third-order valence-electron chi connectivity index (χ3n) is 5.06. The maximum Gasteiger partial charge on any atom is 0.258 e. The molecule has 2 heterocycles. The predicted octanol–water partition coefficient (Wildman–Crippen LogP) is 4.70. The summed E-state index contributed by atoms with van der Waals surface area (Å²) in [6.45, 7) is 6.49. The summed E-state index contributed by atoms with van der Waals surface area (Å²) in [6.07, 6.45) is 3.96. The van der Waals surface area contributed by atoms with Gasteiger partial charge in [-0.05, 0) is 63.1 Å². The number of carbonyl (C=O) groups excluding carboxylic acids is 1. The van der Waals surface area contributed by atoms with E-state index >= 15 is 0 Å². The third kappa shape index (κ3) is 4.23. The van der Waals surface area contributed by atoms with Gasteiger partial charge < -0.3 is 14.1 Å². The number of ether oxygens (including phenoxy) is 1. The molecule has 0 aliphatic rings. The molecule has 8 heteroatoms. The first-order valence-electron chi connectivity index (χ1n) is 10.4. The van der Waals surface area contributed by atoms with E-state index in [9.17, 15) is 10.1 Å². The fraction of sp³-hybridized carbons (Fsp3) is 0.292. The monoisotopic (exact) mass is 429 g/mol. The first kappa shape index (κ1) is 21.2. The van der Waals surface area contributed by atoms with Crippen LogP contribution in [-0.2, 0) is 11.3 Å². The van der Waals surface area contributed by atoms with Crippen molar-refractivity contribution < 1.29 is 14.1 Å². The van der Waals surface area contributed by atoms with E-state index in [-0.39, 0.29) is 6.10 Å². The molecule has 0 bridgehead atoms. The summed E-state index contributed by atoms with van der Waals surface area (Å²) in [5, 5.41) is 19.0. The minimum absolute atomic E-state index is 0.0322. The highest BCUT2D eigenvalue weighted by atomic mass is 16.5. The number of fused-ring (bicyclic) bond motifs is 1. The highest BCUT2D eigenvalue weighted by Crippen LogP contribution is 2.30. The Bertz CT molecular complexity index is 1310. The summed E-state index contributed by atoms with van der Waals surface area (Å²) in [4.78, 5) is 15.1. The molecule has 162 valence electrons. The molecule has 0 unspecified atom stereocenters. The summed E-state index contributed by atoms with van der Waals surface area (Å²) in [6, 6.07) is 11.4. The number of unbranched alkanes of at least 4 members (excludes halogenated alkanes) is 1. The Hall–Kier alpha value is -3.99. The average Bonchev–Trinajstić information content (AvgIpc) is 3.41. The van der Waals surface area contributed by atoms with E-state index in [2.05, 4.69) is 21.3 Å². The van der Waals surface area contributed by atoms with Crippen LogP contribution in [0.15, 0.2) is 41.1 Å². The summed E-state index contributed by atoms with van der Waals surface area (Å²) >= 11 is 0. The molecule has 0 spiro atoms. The van der Waals surface area contributed by atoms with Gasteiger partial charge in [0.2, 0.25) is 5.82 Å². The lowest BCUT2D eigenvalue weighted by Gasteiger charge is -2.11. The number of aryl methyl sites for hydroxylation is 2. The molecule has 0 radical (unpaired) electrons. The van der Waals surface area contributed by atoms with Gasteiger partial charge >= 0.3 is 0 Å². The van der Waals surface area contributed by atoms with Crippen molar-refractivity contribution in [3.05, 3.63) is 47.7 Å². The largest absolute Gasteiger partial charge is 0.490 e. The van der Waals surface area contributed by atoms with Crippen molar-refractivity contribution >= 4 is 17.2 Å². The zero-order valence-corrected chi connectivity index (χ0v) is 18.2. The number of aromatic nitrogens is 4. The molecule has 4 aromatic rings. The summed E-state index contributed by atoms with van der Waals surface area (Å²) in [5.41, 5.74) is 3.90. The topological polar surface area (TPSA) is 107 Å². The predicted molar refractivity (Wildman–Crippen MR) is 119 cm³/mol. The number of nitrogens with zero attached hydrogens (tertiary/aromatic N) is 5. The molecule has 0 saturated carbocycles. The summed E-state index contributed by atoms with van der Waals surface area (Å²) in [7, 11) is 0. The number of benzene rings is 2. The molecule has 0 aliphatic carbocycles. The second-order valence-corrected chi connectivity index (χ2v) is 7.82. The van der Waals surface area contributed by atoms with Crippen molar-refractivity contribution in [1.82, 2.24) is 19.9 Å². The quantitative estimate of drug-likeness (QED) is 0.295. The second-order valence-electron chi connectivity index (χ2n) is 7.82. The standard InChI is InChI=1S/C24H23N5O3/c1-15(2)31-22-7-6-17(11-18(22)13-25)24-27-23(28-32-24)20-12-19-14-26-29(8-4-5-9-30)21(19)10-16(20)3/h6-7,9-12,14-15H,4-5,8H2,1-3H3. The van der Waals surface area contributed by atoms with Crippen LogP contribution in [-0.4, -0.2) is 32.3 Å². The number of hydrogen-bond donors (Lipinski definition) is 0. The van der Waals surface area contributed by atoms with Gasteiger partial charge in [-0.25, -0.2) is 0 Å². The van der Waals surface area contributed by atoms with Crippen molar-refractivity contribution in [1.29, 1.82) is 5.26 Å². The molecule has 32 heavy (non-hydrogen) atoms. The van der Waals surface area contributed by atoms with Gasteiger partial charge in [0.1, 0.15) is 18.1 Å². The molecule has 0 N–H and O–H groups in total. The Labute approximate surface area is 185 Å². The molecule has 0 aliphatic heterocycles. The zero-order valence-electron chi connectivity index (χ0n) is 18.2. The fourth-order valence-electron chi connectivity index (χ4n) is 3.53. The second kappa shape index (κ2) is 9.02. The van der Waals surface area contributed by atoms with Crippen molar-refractivity contribution in [2.45, 2.75) is 46.3 Å². The van der Waals surface area contributed by atoms with E-state index in [4.69, 9.17) is 9.26 Å². The Balaban J connectivity index is 1.64. The van der Waals surface area contributed by atoms with Crippen molar-refractivity contribution in [2.75, 3.05) is 0 Å². The molecule has 0 fully saturated rings. The van der Waals surface area contributed by atoms with Crippen LogP contribution in [0.25, 0.3) is 33.7 Å². The third-order valence-corrected chi connectivity index (χ3v) is 5.06. The van der Waals surface area contributed by atoms with Gasteiger partial charge in [0.15, 0.2) is 0 Å². The summed E-state index contributed by atoms with van der Waals surface area (Å²) < 4.78 is 13.1. The lowest BCUT2D eigenvalue weighted by molar-refractivity contribution is -0.107. The molecule has 8 nitrogen and oxygen atoms in total. The minimum Gasteiger partial charge on any atom is -0.490 e. The summed E-state index contributed by atoms with van der Waals surface area (Å²) in [5.74, 6) is 1.32. The van der Waals surface area contributed by atoms with Gasteiger partial charge in [-0.3, -0.25) is 4.68 Å². The van der Waals surface area contributed by atoms with Crippen LogP contribution in [0.1, 0.15) is 37.8 Å². The van der Waals surface area contributed by atoms with E-state index in [1.54, 1.807) is 24.4 Å². The molecule has 4 rings (SSSR count). The SMILES string of the molecule is Cc1cc2c(cnn2CCCC=O)cc1-c1noc(-c2ccc(OC(C)C)c(C#N)c2)n1. The van der Waals surface area contributed by atoms with Crippen LogP contribution >= 0.6 is 0 Å². The lowest BCUT2D eigenvalue weighted by Crippen LogP contribution is -2.06. The Morgan fingerprint density at radius 2 is 2.12 bits per heavy atom. The number of carbonyl (C=O) groups is 1. The minimum atomic E-state index is -0.0322. The van der Waals surface area contributed by atoms with Crippen molar-refractivity contribution in [2.24, 2.45) is 0 Å². The maximum absolute atomic E-state index is 10.6. The zero-order chi connectivity index (χ0) is 22.7. The van der Waals surface area contributed by atoms with Gasteiger partial charge in [0, 0.05) is 29.5 Å². The van der Waals surface area contributed by atoms with Crippen LogP contribution < -0.4 is 4.74 Å². The Morgan fingerprint density at radius 3 is 2.88 bits per heavy atom. The van der Waals surface area contributed by atoms with E-state index in [0.717, 1.165) is 34.7 Å². The average molecular weight is 429 g/mol. The number of nitriles is 1. The van der Waals surface area contributed by atoms with Crippen LogP contribution in [0.4, 0.5) is 0 Å².